The van der Waals surface area contributed by atoms with E-state index in [1.807, 2.05) is 24.3 Å². The zero-order valence-electron chi connectivity index (χ0n) is 9.16. The maximum absolute atomic E-state index is 11.6. The molecule has 1 aromatic carbocycles. The van der Waals surface area contributed by atoms with E-state index in [2.05, 4.69) is 13.8 Å². The highest BCUT2D eigenvalue weighted by Crippen LogP contribution is 2.18. The second-order valence-electron chi connectivity index (χ2n) is 3.02. The van der Waals surface area contributed by atoms with Crippen molar-refractivity contribution in [3.63, 3.8) is 0 Å². The molecule has 0 heterocycles. The molecule has 1 nitrogen and oxygen atoms in total. The lowest BCUT2D eigenvalue weighted by atomic mass is 10.1. The third-order valence-corrected chi connectivity index (χ3v) is 3.69. The minimum absolute atomic E-state index is 0.231. The van der Waals surface area contributed by atoms with Crippen LogP contribution < -0.4 is 0 Å². The molecule has 1 rings (SSSR count). The lowest BCUT2D eigenvalue weighted by Crippen LogP contribution is -2.02. The predicted molar refractivity (Wildman–Crippen MR) is 70.2 cm³/mol. The summed E-state index contributed by atoms with van der Waals surface area (Å²) in [6, 6.07) is 7.91. The average Bonchev–Trinajstić information content (AvgIpc) is 2.27. The van der Waals surface area contributed by atoms with E-state index in [9.17, 15) is 4.79 Å². The van der Waals surface area contributed by atoms with Gasteiger partial charge in [0.05, 0.1) is 5.75 Å². The van der Waals surface area contributed by atoms with Gasteiger partial charge >= 0.3 is 0 Å². The molecular formula is C12H16OS2. The van der Waals surface area contributed by atoms with E-state index in [1.165, 1.54) is 4.90 Å². The third kappa shape index (κ3) is 4.31. The van der Waals surface area contributed by atoms with Crippen LogP contribution in [0.3, 0.4) is 0 Å². The molecule has 15 heavy (non-hydrogen) atoms. The first kappa shape index (κ1) is 12.7. The van der Waals surface area contributed by atoms with Crippen molar-refractivity contribution < 1.29 is 4.79 Å². The van der Waals surface area contributed by atoms with E-state index in [1.54, 1.807) is 23.5 Å². The molecule has 0 fully saturated rings. The van der Waals surface area contributed by atoms with Crippen molar-refractivity contribution in [2.45, 2.75) is 18.7 Å². The SMILES string of the molecule is CCSCC(=O)c1ccc(SCC)cc1. The molecule has 0 N–H and O–H groups in total. The lowest BCUT2D eigenvalue weighted by Gasteiger charge is -2.02. The number of Topliss-reactive ketones (excluding diaryl/α,β-unsaturated/α-hetero) is 1. The largest absolute Gasteiger partial charge is 0.293 e. The molecule has 0 aliphatic rings. The molecule has 3 heteroatoms. The van der Waals surface area contributed by atoms with E-state index >= 15 is 0 Å². The van der Waals surface area contributed by atoms with Crippen LogP contribution in [0.4, 0.5) is 0 Å². The number of carbonyl (C=O) groups is 1. The number of carbonyl (C=O) groups excluding carboxylic acids is 1. The summed E-state index contributed by atoms with van der Waals surface area (Å²) in [5, 5.41) is 0. The number of hydrogen-bond acceptors (Lipinski definition) is 3. The summed E-state index contributed by atoms with van der Waals surface area (Å²) in [6.45, 7) is 4.19. The van der Waals surface area contributed by atoms with Crippen LogP contribution in [-0.2, 0) is 0 Å². The Morgan fingerprint density at radius 1 is 1.13 bits per heavy atom. The summed E-state index contributed by atoms with van der Waals surface area (Å²) in [5.74, 6) is 2.89. The fraction of sp³-hybridized carbons (Fsp3) is 0.417. The Balaban J connectivity index is 2.58. The molecule has 0 atom stereocenters. The van der Waals surface area contributed by atoms with Crippen molar-refractivity contribution in [3.8, 4) is 0 Å². The second-order valence-corrected chi connectivity index (χ2v) is 5.63. The average molecular weight is 240 g/mol. The van der Waals surface area contributed by atoms with Crippen molar-refractivity contribution in [2.75, 3.05) is 17.3 Å². The number of benzene rings is 1. The van der Waals surface area contributed by atoms with E-state index in [0.29, 0.717) is 5.75 Å². The van der Waals surface area contributed by atoms with Crippen molar-refractivity contribution in [1.29, 1.82) is 0 Å². The zero-order chi connectivity index (χ0) is 11.1. The van der Waals surface area contributed by atoms with Crippen LogP contribution >= 0.6 is 23.5 Å². The van der Waals surface area contributed by atoms with Gasteiger partial charge in [0.1, 0.15) is 0 Å². The molecule has 0 unspecified atom stereocenters. The van der Waals surface area contributed by atoms with Gasteiger partial charge < -0.3 is 0 Å². The molecule has 0 spiro atoms. The smallest absolute Gasteiger partial charge is 0.172 e. The van der Waals surface area contributed by atoms with Gasteiger partial charge in [0.25, 0.3) is 0 Å². The van der Waals surface area contributed by atoms with Crippen LogP contribution in [0.25, 0.3) is 0 Å². The Hall–Kier alpha value is -0.410. The molecule has 0 amide bonds. The van der Waals surface area contributed by atoms with Crippen LogP contribution in [0.1, 0.15) is 24.2 Å². The summed E-state index contributed by atoms with van der Waals surface area (Å²) in [4.78, 5) is 12.9. The molecule has 0 bridgehead atoms. The maximum Gasteiger partial charge on any atom is 0.172 e. The highest BCUT2D eigenvalue weighted by atomic mass is 32.2. The summed E-state index contributed by atoms with van der Waals surface area (Å²) in [6.07, 6.45) is 0. The van der Waals surface area contributed by atoms with Crippen LogP contribution in [0.2, 0.25) is 0 Å². The number of rotatable bonds is 6. The Morgan fingerprint density at radius 3 is 2.33 bits per heavy atom. The standard InChI is InChI=1S/C12H16OS2/c1-3-14-9-12(13)10-5-7-11(8-6-10)15-4-2/h5-8H,3-4,9H2,1-2H3. The van der Waals surface area contributed by atoms with Gasteiger partial charge in [0.15, 0.2) is 5.78 Å². The lowest BCUT2D eigenvalue weighted by molar-refractivity contribution is 0.102. The first-order chi connectivity index (χ1) is 7.27. The summed E-state index contributed by atoms with van der Waals surface area (Å²) < 4.78 is 0. The second kappa shape index (κ2) is 6.96. The predicted octanol–water partition coefficient (Wildman–Crippen LogP) is 3.73. The number of hydrogen-bond donors (Lipinski definition) is 0. The van der Waals surface area contributed by atoms with Crippen molar-refractivity contribution >= 4 is 29.3 Å². The first-order valence-corrected chi connectivity index (χ1v) is 7.25. The monoisotopic (exact) mass is 240 g/mol. The Labute approximate surface area is 100 Å². The molecule has 0 aliphatic carbocycles. The van der Waals surface area contributed by atoms with Gasteiger partial charge in [-0.1, -0.05) is 26.0 Å². The molecular weight excluding hydrogens is 224 g/mol. The van der Waals surface area contributed by atoms with Gasteiger partial charge in [-0.2, -0.15) is 11.8 Å². The fourth-order valence-electron chi connectivity index (χ4n) is 1.18. The van der Waals surface area contributed by atoms with Crippen molar-refractivity contribution in [3.05, 3.63) is 29.8 Å². The summed E-state index contributed by atoms with van der Waals surface area (Å²) in [5.41, 5.74) is 0.830. The summed E-state index contributed by atoms with van der Waals surface area (Å²) in [7, 11) is 0. The van der Waals surface area contributed by atoms with Gasteiger partial charge in [-0.3, -0.25) is 4.79 Å². The van der Waals surface area contributed by atoms with E-state index in [4.69, 9.17) is 0 Å². The molecule has 0 saturated carbocycles. The van der Waals surface area contributed by atoms with Gasteiger partial charge in [0, 0.05) is 10.5 Å². The molecule has 0 saturated heterocycles. The first-order valence-electron chi connectivity index (χ1n) is 5.11. The highest BCUT2D eigenvalue weighted by molar-refractivity contribution is 8.00. The quantitative estimate of drug-likeness (QED) is 0.557. The number of thioether (sulfide) groups is 2. The minimum atomic E-state index is 0.231. The van der Waals surface area contributed by atoms with Gasteiger partial charge in [-0.05, 0) is 23.6 Å². The van der Waals surface area contributed by atoms with Crippen LogP contribution in [0.5, 0.6) is 0 Å². The molecule has 0 radical (unpaired) electrons. The van der Waals surface area contributed by atoms with Crippen LogP contribution in [-0.4, -0.2) is 23.0 Å². The van der Waals surface area contributed by atoms with Crippen LogP contribution in [0, 0.1) is 0 Å². The normalized spacial score (nSPS) is 10.3. The van der Waals surface area contributed by atoms with E-state index in [0.717, 1.165) is 17.1 Å². The van der Waals surface area contributed by atoms with E-state index in [-0.39, 0.29) is 5.78 Å². The van der Waals surface area contributed by atoms with Gasteiger partial charge in [-0.15, -0.1) is 11.8 Å². The van der Waals surface area contributed by atoms with E-state index < -0.39 is 0 Å². The molecule has 82 valence electrons. The third-order valence-electron chi connectivity index (χ3n) is 1.92. The Kier molecular flexibility index (Phi) is 5.88. The maximum atomic E-state index is 11.6. The summed E-state index contributed by atoms with van der Waals surface area (Å²) >= 11 is 3.47. The fourth-order valence-corrected chi connectivity index (χ4v) is 2.40. The molecule has 0 aliphatic heterocycles. The zero-order valence-corrected chi connectivity index (χ0v) is 10.8. The highest BCUT2D eigenvalue weighted by Gasteiger charge is 2.04. The van der Waals surface area contributed by atoms with Crippen molar-refractivity contribution in [1.82, 2.24) is 0 Å². The molecule has 0 aromatic heterocycles. The Bertz CT molecular complexity index is 306. The molecule has 1 aromatic rings. The van der Waals surface area contributed by atoms with Gasteiger partial charge in [0.2, 0.25) is 0 Å². The van der Waals surface area contributed by atoms with Crippen molar-refractivity contribution in [2.24, 2.45) is 0 Å². The topological polar surface area (TPSA) is 17.1 Å². The van der Waals surface area contributed by atoms with Gasteiger partial charge in [-0.25, -0.2) is 0 Å². The Morgan fingerprint density at radius 2 is 1.80 bits per heavy atom. The van der Waals surface area contributed by atoms with Crippen LogP contribution in [0.15, 0.2) is 29.2 Å². The number of ketones is 1. The minimum Gasteiger partial charge on any atom is -0.293 e.